The predicted octanol–water partition coefficient (Wildman–Crippen LogP) is 4.20. The molecule has 0 fully saturated rings. The van der Waals surface area contributed by atoms with E-state index >= 15 is 0 Å². The summed E-state index contributed by atoms with van der Waals surface area (Å²) in [5.74, 6) is 0.351. The molecule has 0 amide bonds. The Morgan fingerprint density at radius 3 is 2.55 bits per heavy atom. The molecule has 0 radical (unpaired) electrons. The van der Waals surface area contributed by atoms with Crippen molar-refractivity contribution in [2.75, 3.05) is 0 Å². The topological polar surface area (TPSA) is 37.3 Å². The number of carbonyl (C=O) groups excluding carboxylic acids is 1. The maximum atomic E-state index is 11.5. The van der Waals surface area contributed by atoms with Crippen LogP contribution >= 0.6 is 0 Å². The van der Waals surface area contributed by atoms with Gasteiger partial charge in [-0.05, 0) is 71.9 Å². The minimum Gasteiger partial charge on any atom is -0.508 e. The first-order valence-electron chi connectivity index (χ1n) is 7.03. The molecule has 2 heteroatoms. The van der Waals surface area contributed by atoms with Gasteiger partial charge in [0.25, 0.3) is 0 Å². The smallest absolute Gasteiger partial charge is 0.178 e. The Bertz CT molecular complexity index is 631. The van der Waals surface area contributed by atoms with Crippen molar-refractivity contribution in [2.24, 2.45) is 0 Å². The molecular weight excluding hydrogens is 248 g/mol. The minimum atomic E-state index is 0.0554. The van der Waals surface area contributed by atoms with Gasteiger partial charge in [0.2, 0.25) is 0 Å². The minimum absolute atomic E-state index is 0.0554. The van der Waals surface area contributed by atoms with Crippen molar-refractivity contribution >= 4 is 11.4 Å². The van der Waals surface area contributed by atoms with Gasteiger partial charge >= 0.3 is 0 Å². The number of aryl methyl sites for hydroxylation is 1. The Morgan fingerprint density at radius 2 is 1.90 bits per heavy atom. The first-order chi connectivity index (χ1) is 9.56. The second-order valence-electron chi connectivity index (χ2n) is 4.99. The summed E-state index contributed by atoms with van der Waals surface area (Å²) in [5, 5.41) is 9.61. The SMILES string of the molecule is CCC1=CC(=O)C=CC1=C(C)c1ccc(O)cc1CC. The number of rotatable bonds is 3. The standard InChI is InChI=1S/C18H20O2/c1-4-13-10-15(19)6-8-17(13)12(3)18-9-7-16(20)11-14(18)5-2/h6-11,19H,4-5H2,1-3H3. The summed E-state index contributed by atoms with van der Waals surface area (Å²) in [5.41, 5.74) is 5.60. The van der Waals surface area contributed by atoms with Crippen molar-refractivity contribution in [2.45, 2.75) is 33.6 Å². The van der Waals surface area contributed by atoms with Gasteiger partial charge in [-0.15, -0.1) is 0 Å². The zero-order valence-electron chi connectivity index (χ0n) is 12.2. The first-order valence-corrected chi connectivity index (χ1v) is 7.03. The highest BCUT2D eigenvalue weighted by molar-refractivity contribution is 6.03. The van der Waals surface area contributed by atoms with E-state index in [1.54, 1.807) is 18.2 Å². The van der Waals surface area contributed by atoms with Gasteiger partial charge in [0, 0.05) is 0 Å². The normalized spacial score (nSPS) is 17.1. The van der Waals surface area contributed by atoms with E-state index in [4.69, 9.17) is 0 Å². The third-order valence-electron chi connectivity index (χ3n) is 3.74. The van der Waals surface area contributed by atoms with Crippen LogP contribution in [0.1, 0.15) is 38.3 Å². The summed E-state index contributed by atoms with van der Waals surface area (Å²) in [6.07, 6.45) is 6.93. The average Bonchev–Trinajstić information content (AvgIpc) is 2.46. The molecule has 2 rings (SSSR count). The molecule has 1 aliphatic rings. The quantitative estimate of drug-likeness (QED) is 0.892. The van der Waals surface area contributed by atoms with Crippen LogP contribution in [-0.4, -0.2) is 10.9 Å². The fourth-order valence-corrected chi connectivity index (χ4v) is 2.61. The van der Waals surface area contributed by atoms with Gasteiger partial charge in [0.1, 0.15) is 5.75 Å². The molecule has 1 aromatic carbocycles. The van der Waals surface area contributed by atoms with Crippen molar-refractivity contribution in [3.8, 4) is 5.75 Å². The number of hydrogen-bond acceptors (Lipinski definition) is 2. The number of aromatic hydroxyl groups is 1. The van der Waals surface area contributed by atoms with Gasteiger partial charge in [0.05, 0.1) is 0 Å². The largest absolute Gasteiger partial charge is 0.508 e. The molecule has 104 valence electrons. The number of carbonyl (C=O) groups is 1. The number of allylic oxidation sites excluding steroid dienone is 6. The molecule has 0 heterocycles. The molecule has 1 aliphatic carbocycles. The summed E-state index contributed by atoms with van der Waals surface area (Å²) in [6, 6.07) is 5.48. The molecule has 0 aromatic heterocycles. The van der Waals surface area contributed by atoms with Gasteiger partial charge in [0.15, 0.2) is 5.78 Å². The highest BCUT2D eigenvalue weighted by atomic mass is 16.3. The van der Waals surface area contributed by atoms with Crippen LogP contribution in [0.2, 0.25) is 0 Å². The lowest BCUT2D eigenvalue weighted by atomic mass is 9.88. The van der Waals surface area contributed by atoms with Crippen molar-refractivity contribution < 1.29 is 9.90 Å². The molecule has 0 atom stereocenters. The van der Waals surface area contributed by atoms with Crippen molar-refractivity contribution in [1.82, 2.24) is 0 Å². The molecule has 1 N–H and O–H groups in total. The Hall–Kier alpha value is -2.09. The molecule has 0 bridgehead atoms. The second-order valence-corrected chi connectivity index (χ2v) is 4.99. The average molecular weight is 268 g/mol. The first kappa shape index (κ1) is 14.3. The van der Waals surface area contributed by atoms with E-state index in [9.17, 15) is 9.90 Å². The van der Waals surface area contributed by atoms with E-state index in [-0.39, 0.29) is 5.78 Å². The van der Waals surface area contributed by atoms with E-state index in [1.807, 2.05) is 18.2 Å². The molecule has 0 unspecified atom stereocenters. The van der Waals surface area contributed by atoms with Gasteiger partial charge in [-0.1, -0.05) is 26.0 Å². The van der Waals surface area contributed by atoms with Gasteiger partial charge in [-0.2, -0.15) is 0 Å². The van der Waals surface area contributed by atoms with E-state index in [1.165, 1.54) is 0 Å². The van der Waals surface area contributed by atoms with Crippen LogP contribution < -0.4 is 0 Å². The third kappa shape index (κ3) is 2.74. The van der Waals surface area contributed by atoms with E-state index in [0.29, 0.717) is 5.75 Å². The molecule has 0 spiro atoms. The number of hydrogen-bond donors (Lipinski definition) is 1. The van der Waals surface area contributed by atoms with Gasteiger partial charge in [-0.3, -0.25) is 4.79 Å². The summed E-state index contributed by atoms with van der Waals surface area (Å²) >= 11 is 0. The molecular formula is C18H20O2. The maximum absolute atomic E-state index is 11.5. The molecule has 0 saturated heterocycles. The van der Waals surface area contributed by atoms with Crippen LogP contribution in [-0.2, 0) is 11.2 Å². The Balaban J connectivity index is 2.57. The Labute approximate surface area is 120 Å². The molecule has 1 aromatic rings. The summed E-state index contributed by atoms with van der Waals surface area (Å²) in [4.78, 5) is 11.5. The maximum Gasteiger partial charge on any atom is 0.178 e. The monoisotopic (exact) mass is 268 g/mol. The van der Waals surface area contributed by atoms with Crippen LogP contribution in [0.4, 0.5) is 0 Å². The summed E-state index contributed by atoms with van der Waals surface area (Å²) < 4.78 is 0. The fourth-order valence-electron chi connectivity index (χ4n) is 2.61. The molecule has 2 nitrogen and oxygen atoms in total. The molecule has 0 saturated carbocycles. The van der Waals surface area contributed by atoms with Crippen LogP contribution in [0.3, 0.4) is 0 Å². The zero-order valence-corrected chi connectivity index (χ0v) is 12.2. The zero-order chi connectivity index (χ0) is 14.7. The van der Waals surface area contributed by atoms with Crippen molar-refractivity contribution in [3.63, 3.8) is 0 Å². The lowest BCUT2D eigenvalue weighted by Crippen LogP contribution is -2.02. The van der Waals surface area contributed by atoms with Crippen molar-refractivity contribution in [1.29, 1.82) is 0 Å². The van der Waals surface area contributed by atoms with Gasteiger partial charge < -0.3 is 5.11 Å². The van der Waals surface area contributed by atoms with Crippen LogP contribution in [0, 0.1) is 0 Å². The number of phenolic OH excluding ortho intramolecular Hbond substituents is 1. The number of benzene rings is 1. The fraction of sp³-hybridized carbons (Fsp3) is 0.278. The predicted molar refractivity (Wildman–Crippen MR) is 82.6 cm³/mol. The lowest BCUT2D eigenvalue weighted by Gasteiger charge is -2.17. The van der Waals surface area contributed by atoms with Crippen LogP contribution in [0.25, 0.3) is 5.57 Å². The summed E-state index contributed by atoms with van der Waals surface area (Å²) in [7, 11) is 0. The number of ketones is 1. The van der Waals surface area contributed by atoms with E-state index in [0.717, 1.165) is 40.7 Å². The van der Waals surface area contributed by atoms with Crippen LogP contribution in [0.15, 0.2) is 47.6 Å². The lowest BCUT2D eigenvalue weighted by molar-refractivity contribution is -0.110. The van der Waals surface area contributed by atoms with E-state index < -0.39 is 0 Å². The van der Waals surface area contributed by atoms with Crippen molar-refractivity contribution in [3.05, 3.63) is 58.7 Å². The summed E-state index contributed by atoms with van der Waals surface area (Å²) in [6.45, 7) is 6.21. The Morgan fingerprint density at radius 1 is 1.15 bits per heavy atom. The third-order valence-corrected chi connectivity index (χ3v) is 3.74. The van der Waals surface area contributed by atoms with Crippen LogP contribution in [0.5, 0.6) is 5.75 Å². The van der Waals surface area contributed by atoms with E-state index in [2.05, 4.69) is 20.8 Å². The molecule has 0 aliphatic heterocycles. The van der Waals surface area contributed by atoms with Gasteiger partial charge in [-0.25, -0.2) is 0 Å². The second kappa shape index (κ2) is 5.91. The highest BCUT2D eigenvalue weighted by Crippen LogP contribution is 2.31. The Kier molecular flexibility index (Phi) is 4.23. The number of phenols is 1. The highest BCUT2D eigenvalue weighted by Gasteiger charge is 2.14. The molecule has 20 heavy (non-hydrogen) atoms.